The standard InChI is InChI=1S/C34H36F2N4O6/c1-21-31(17-28(42)15-25-19-39(12-13-43-3)46-33(25)23-10-11-29(35)30(36)16-23)40(27-8-6-5-7-9-27)38-32(21)24-14-26(20-45-22(2)41)34(44-4)37-18-24/h5-11,14,16,18,25,33H,12-13,15,17,19-20H2,1-4H3/t25-,33+/m1/s1. The number of carbonyl (C=O) groups is 2. The molecular weight excluding hydrogens is 598 g/mol. The summed E-state index contributed by atoms with van der Waals surface area (Å²) in [7, 11) is 3.07. The summed E-state index contributed by atoms with van der Waals surface area (Å²) in [6, 6.07) is 15.0. The van der Waals surface area contributed by atoms with E-state index in [1.54, 1.807) is 23.1 Å². The van der Waals surface area contributed by atoms with Crippen LogP contribution in [0.25, 0.3) is 16.9 Å². The highest BCUT2D eigenvalue weighted by Gasteiger charge is 2.37. The minimum Gasteiger partial charge on any atom is -0.481 e. The van der Waals surface area contributed by atoms with Crippen molar-refractivity contribution in [3.63, 3.8) is 0 Å². The van der Waals surface area contributed by atoms with Crippen LogP contribution >= 0.6 is 0 Å². The summed E-state index contributed by atoms with van der Waals surface area (Å²) >= 11 is 0. The second-order valence-electron chi connectivity index (χ2n) is 11.1. The van der Waals surface area contributed by atoms with Crippen molar-refractivity contribution in [2.75, 3.05) is 33.9 Å². The summed E-state index contributed by atoms with van der Waals surface area (Å²) in [5, 5.41) is 6.61. The molecule has 10 nitrogen and oxygen atoms in total. The summed E-state index contributed by atoms with van der Waals surface area (Å²) in [4.78, 5) is 35.8. The summed E-state index contributed by atoms with van der Waals surface area (Å²) in [6.45, 7) is 4.49. The molecule has 1 fully saturated rings. The van der Waals surface area contributed by atoms with E-state index in [0.717, 1.165) is 23.4 Å². The quantitative estimate of drug-likeness (QED) is 0.180. The van der Waals surface area contributed by atoms with Gasteiger partial charge in [0.2, 0.25) is 5.88 Å². The highest BCUT2D eigenvalue weighted by Crippen LogP contribution is 2.37. The average Bonchev–Trinajstić information content (AvgIpc) is 3.60. The Bertz CT molecular complexity index is 1700. The number of ether oxygens (including phenoxy) is 3. The van der Waals surface area contributed by atoms with Crippen LogP contribution in [0.4, 0.5) is 8.78 Å². The van der Waals surface area contributed by atoms with E-state index in [4.69, 9.17) is 24.1 Å². The van der Waals surface area contributed by atoms with Crippen LogP contribution in [0.5, 0.6) is 5.88 Å². The van der Waals surface area contributed by atoms with E-state index < -0.39 is 23.7 Å². The zero-order valence-corrected chi connectivity index (χ0v) is 26.2. The SMILES string of the molecule is COCCN1C[C@@H](CC(=O)Cc2c(C)c(-c3cnc(OC)c(COC(C)=O)c3)nn2-c2ccccc2)[C@H](c2ccc(F)c(F)c2)O1. The second-order valence-corrected chi connectivity index (χ2v) is 11.1. The second kappa shape index (κ2) is 14.7. The molecule has 0 unspecified atom stereocenters. The molecule has 1 saturated heterocycles. The van der Waals surface area contributed by atoms with Gasteiger partial charge in [0, 0.05) is 57.6 Å². The number of esters is 1. The number of carbonyl (C=O) groups excluding carboxylic acids is 2. The molecule has 3 heterocycles. The van der Waals surface area contributed by atoms with Crippen molar-refractivity contribution in [1.29, 1.82) is 0 Å². The normalized spacial score (nSPS) is 16.5. The summed E-state index contributed by atoms with van der Waals surface area (Å²) in [5.41, 5.74) is 4.56. The maximum absolute atomic E-state index is 14.2. The molecular formula is C34H36F2N4O6. The third-order valence-electron chi connectivity index (χ3n) is 7.87. The molecule has 46 heavy (non-hydrogen) atoms. The molecule has 12 heteroatoms. The first-order chi connectivity index (χ1) is 22.2. The van der Waals surface area contributed by atoms with Gasteiger partial charge in [-0.15, -0.1) is 0 Å². The van der Waals surface area contributed by atoms with Gasteiger partial charge in [0.05, 0.1) is 36.4 Å². The van der Waals surface area contributed by atoms with Gasteiger partial charge < -0.3 is 14.2 Å². The van der Waals surface area contributed by atoms with Crippen molar-refractivity contribution in [2.45, 2.75) is 39.4 Å². The van der Waals surface area contributed by atoms with Crippen molar-refractivity contribution in [1.82, 2.24) is 19.8 Å². The average molecular weight is 635 g/mol. The summed E-state index contributed by atoms with van der Waals surface area (Å²) in [5.74, 6) is -2.40. The Morgan fingerprint density at radius 3 is 2.54 bits per heavy atom. The van der Waals surface area contributed by atoms with Gasteiger partial charge in [0.1, 0.15) is 18.5 Å². The molecule has 4 aromatic rings. The van der Waals surface area contributed by atoms with Crippen LogP contribution in [-0.4, -0.2) is 65.5 Å². The Kier molecular flexibility index (Phi) is 10.5. The van der Waals surface area contributed by atoms with Crippen molar-refractivity contribution in [3.05, 3.63) is 94.8 Å². The van der Waals surface area contributed by atoms with E-state index in [1.807, 2.05) is 43.3 Å². The number of hydrogen-bond acceptors (Lipinski definition) is 9. The fourth-order valence-electron chi connectivity index (χ4n) is 5.62. The predicted octanol–water partition coefficient (Wildman–Crippen LogP) is 5.35. The Morgan fingerprint density at radius 1 is 1.07 bits per heavy atom. The molecule has 5 rings (SSSR count). The van der Waals surface area contributed by atoms with Gasteiger partial charge in [0.15, 0.2) is 11.6 Å². The Labute approximate surface area is 265 Å². The topological polar surface area (TPSA) is 105 Å². The molecule has 0 spiro atoms. The first-order valence-corrected chi connectivity index (χ1v) is 14.9. The van der Waals surface area contributed by atoms with Crippen molar-refractivity contribution < 1.29 is 37.4 Å². The van der Waals surface area contributed by atoms with Crippen LogP contribution in [0.15, 0.2) is 60.8 Å². The lowest BCUT2D eigenvalue weighted by Gasteiger charge is -2.18. The van der Waals surface area contributed by atoms with Crippen LogP contribution in [-0.2, 0) is 36.9 Å². The number of nitrogens with zero attached hydrogens (tertiary/aromatic N) is 4. The largest absolute Gasteiger partial charge is 0.481 e. The maximum Gasteiger partial charge on any atom is 0.302 e. The van der Waals surface area contributed by atoms with Crippen LogP contribution in [0.1, 0.15) is 41.8 Å². The molecule has 2 aromatic heterocycles. The zero-order chi connectivity index (χ0) is 32.8. The Morgan fingerprint density at radius 2 is 1.85 bits per heavy atom. The first-order valence-electron chi connectivity index (χ1n) is 14.9. The van der Waals surface area contributed by atoms with Gasteiger partial charge in [-0.1, -0.05) is 24.3 Å². The lowest BCUT2D eigenvalue weighted by Crippen LogP contribution is -2.24. The predicted molar refractivity (Wildman–Crippen MR) is 164 cm³/mol. The molecule has 2 atom stereocenters. The van der Waals surface area contributed by atoms with Crippen LogP contribution in [0.3, 0.4) is 0 Å². The van der Waals surface area contributed by atoms with Crippen LogP contribution in [0, 0.1) is 24.5 Å². The number of hydrogen-bond donors (Lipinski definition) is 0. The number of halogens is 2. The first kappa shape index (κ1) is 32.9. The number of pyridine rings is 1. The van der Waals surface area contributed by atoms with Gasteiger partial charge in [-0.3, -0.25) is 14.4 Å². The third kappa shape index (κ3) is 7.47. The van der Waals surface area contributed by atoms with E-state index in [9.17, 15) is 18.4 Å². The number of ketones is 1. The molecule has 0 radical (unpaired) electrons. The molecule has 0 bridgehead atoms. The van der Waals surface area contributed by atoms with Crippen molar-refractivity contribution in [2.24, 2.45) is 5.92 Å². The lowest BCUT2D eigenvalue weighted by molar-refractivity contribution is -0.155. The zero-order valence-electron chi connectivity index (χ0n) is 26.2. The van der Waals surface area contributed by atoms with Gasteiger partial charge in [-0.2, -0.15) is 10.2 Å². The van der Waals surface area contributed by atoms with Gasteiger partial charge in [-0.05, 0) is 48.4 Å². The molecule has 242 valence electrons. The van der Waals surface area contributed by atoms with E-state index >= 15 is 0 Å². The fourth-order valence-corrected chi connectivity index (χ4v) is 5.62. The van der Waals surface area contributed by atoms with E-state index in [-0.39, 0.29) is 31.1 Å². The molecule has 1 aliphatic heterocycles. The fraction of sp³-hybridized carbons (Fsp3) is 0.353. The number of para-hydroxylation sites is 1. The van der Waals surface area contributed by atoms with E-state index in [2.05, 4.69) is 4.98 Å². The smallest absolute Gasteiger partial charge is 0.302 e. The summed E-state index contributed by atoms with van der Waals surface area (Å²) < 4.78 is 45.4. The minimum atomic E-state index is -0.972. The van der Waals surface area contributed by atoms with Crippen molar-refractivity contribution in [3.8, 4) is 22.8 Å². The van der Waals surface area contributed by atoms with Crippen LogP contribution in [0.2, 0.25) is 0 Å². The summed E-state index contributed by atoms with van der Waals surface area (Å²) in [6.07, 6.45) is 1.20. The molecule has 1 aliphatic rings. The van der Waals surface area contributed by atoms with Gasteiger partial charge in [0.25, 0.3) is 0 Å². The highest BCUT2D eigenvalue weighted by molar-refractivity contribution is 5.82. The van der Waals surface area contributed by atoms with Crippen LogP contribution < -0.4 is 4.74 Å². The molecule has 0 amide bonds. The molecule has 0 aliphatic carbocycles. The monoisotopic (exact) mass is 634 g/mol. The molecule has 0 saturated carbocycles. The highest BCUT2D eigenvalue weighted by atomic mass is 19.2. The van der Waals surface area contributed by atoms with E-state index in [1.165, 1.54) is 20.1 Å². The van der Waals surface area contributed by atoms with Crippen molar-refractivity contribution >= 4 is 11.8 Å². The number of aromatic nitrogens is 3. The lowest BCUT2D eigenvalue weighted by atomic mass is 9.90. The Balaban J connectivity index is 1.45. The number of rotatable bonds is 13. The Hall–Kier alpha value is -4.52. The van der Waals surface area contributed by atoms with E-state index in [0.29, 0.717) is 53.7 Å². The maximum atomic E-state index is 14.2. The number of hydroxylamine groups is 2. The number of Topliss-reactive ketones (excluding diaryl/α,β-unsaturated/α-hetero) is 1. The van der Waals surface area contributed by atoms with Gasteiger partial charge in [-0.25, -0.2) is 18.4 Å². The third-order valence-corrected chi connectivity index (χ3v) is 7.87. The molecule has 0 N–H and O–H groups in total. The minimum absolute atomic E-state index is 0.0207. The number of benzene rings is 2. The number of methoxy groups -OCH3 is 2. The van der Waals surface area contributed by atoms with Gasteiger partial charge >= 0.3 is 5.97 Å². The molecule has 2 aromatic carbocycles.